The fraction of sp³-hybridized carbons (Fsp3) is 0.765. The minimum Gasteiger partial charge on any atom is -0.389 e. The van der Waals surface area contributed by atoms with Gasteiger partial charge in [-0.05, 0) is 51.4 Å². The lowest BCUT2D eigenvalue weighted by Crippen LogP contribution is -2.45. The number of aliphatic hydroxyl groups is 1. The molecule has 0 aromatic carbocycles. The first kappa shape index (κ1) is 17.9. The Balaban J connectivity index is 1.72. The number of likely N-dealkylation sites (tertiary alicyclic amines) is 1. The molecule has 2 unspecified atom stereocenters. The molecular formula is C17H30N2O2S. The van der Waals surface area contributed by atoms with E-state index in [1.165, 1.54) is 9.75 Å². The van der Waals surface area contributed by atoms with Gasteiger partial charge in [0.15, 0.2) is 0 Å². The molecule has 2 atom stereocenters. The lowest BCUT2D eigenvalue weighted by molar-refractivity contribution is 0.0308. The van der Waals surface area contributed by atoms with Gasteiger partial charge in [0, 0.05) is 35.5 Å². The number of hydrogen-bond acceptors (Lipinski definition) is 5. The number of hydrogen-bond donors (Lipinski definition) is 2. The number of nitrogens with zero attached hydrogens (tertiary/aromatic N) is 1. The second-order valence-electron chi connectivity index (χ2n) is 6.23. The van der Waals surface area contributed by atoms with E-state index in [4.69, 9.17) is 4.74 Å². The Hall–Kier alpha value is -0.460. The zero-order chi connectivity index (χ0) is 15.9. The van der Waals surface area contributed by atoms with Crippen LogP contribution in [0.3, 0.4) is 0 Å². The van der Waals surface area contributed by atoms with Crippen LogP contribution in [0, 0.1) is 0 Å². The van der Waals surface area contributed by atoms with Crippen LogP contribution in [0.25, 0.3) is 0 Å². The number of piperidine rings is 1. The first-order valence-corrected chi connectivity index (χ1v) is 9.18. The summed E-state index contributed by atoms with van der Waals surface area (Å²) < 4.78 is 4.99. The average molecular weight is 327 g/mol. The monoisotopic (exact) mass is 326 g/mol. The molecule has 2 N–H and O–H groups in total. The zero-order valence-electron chi connectivity index (χ0n) is 14.0. The normalized spacial score (nSPS) is 20.2. The van der Waals surface area contributed by atoms with Crippen LogP contribution in [0.4, 0.5) is 0 Å². The van der Waals surface area contributed by atoms with Gasteiger partial charge in [-0.25, -0.2) is 0 Å². The Morgan fingerprint density at radius 1 is 1.41 bits per heavy atom. The topological polar surface area (TPSA) is 44.7 Å². The number of aryl methyl sites for hydroxylation is 1. The van der Waals surface area contributed by atoms with E-state index in [1.807, 2.05) is 11.3 Å². The standard InChI is InChI=1S/C17H30N2O2S/c1-4-16-5-6-17(22-16)13(2)18-14-7-9-19(10-8-14)11-15(20)12-21-3/h5-6,13-15,18,20H,4,7-12H2,1-3H3. The molecule has 2 heterocycles. The molecule has 5 heteroatoms. The molecule has 0 bridgehead atoms. The average Bonchev–Trinajstić information content (AvgIpc) is 2.98. The third-order valence-corrected chi connectivity index (χ3v) is 5.77. The molecule has 4 nitrogen and oxygen atoms in total. The van der Waals surface area contributed by atoms with Gasteiger partial charge < -0.3 is 20.1 Å². The van der Waals surface area contributed by atoms with E-state index < -0.39 is 0 Å². The van der Waals surface area contributed by atoms with E-state index >= 15 is 0 Å². The van der Waals surface area contributed by atoms with Crippen molar-refractivity contribution >= 4 is 11.3 Å². The second kappa shape index (κ2) is 8.99. The summed E-state index contributed by atoms with van der Waals surface area (Å²) in [5.74, 6) is 0. The van der Waals surface area contributed by atoms with Gasteiger partial charge in [0.2, 0.25) is 0 Å². The Kier molecular flexibility index (Phi) is 7.31. The highest BCUT2D eigenvalue weighted by Crippen LogP contribution is 2.25. The van der Waals surface area contributed by atoms with Crippen molar-refractivity contribution in [2.45, 2.75) is 51.3 Å². The molecule has 1 aromatic rings. The van der Waals surface area contributed by atoms with Crippen molar-refractivity contribution in [3.8, 4) is 0 Å². The molecule has 1 saturated heterocycles. The van der Waals surface area contributed by atoms with Crippen molar-refractivity contribution in [2.24, 2.45) is 0 Å². The summed E-state index contributed by atoms with van der Waals surface area (Å²) in [4.78, 5) is 5.24. The predicted octanol–water partition coefficient (Wildman–Crippen LogP) is 2.43. The Morgan fingerprint density at radius 3 is 2.73 bits per heavy atom. The number of β-amino-alcohol motifs (C(OH)–C–C–N with tert-alkyl or cyclic N) is 1. The van der Waals surface area contributed by atoms with Crippen LogP contribution in [0.5, 0.6) is 0 Å². The van der Waals surface area contributed by atoms with Crippen molar-refractivity contribution in [1.82, 2.24) is 10.2 Å². The predicted molar refractivity (Wildman–Crippen MR) is 92.6 cm³/mol. The molecule has 1 aliphatic rings. The maximum atomic E-state index is 9.81. The highest BCUT2D eigenvalue weighted by atomic mass is 32.1. The van der Waals surface area contributed by atoms with Crippen molar-refractivity contribution in [2.75, 3.05) is 33.4 Å². The molecule has 1 aliphatic heterocycles. The van der Waals surface area contributed by atoms with Crippen molar-refractivity contribution < 1.29 is 9.84 Å². The summed E-state index contributed by atoms with van der Waals surface area (Å²) in [5, 5.41) is 13.6. The number of nitrogens with one attached hydrogen (secondary N) is 1. The molecule has 0 radical (unpaired) electrons. The van der Waals surface area contributed by atoms with E-state index in [-0.39, 0.29) is 6.10 Å². The van der Waals surface area contributed by atoms with Crippen molar-refractivity contribution in [1.29, 1.82) is 0 Å². The molecular weight excluding hydrogens is 296 g/mol. The first-order valence-electron chi connectivity index (χ1n) is 8.36. The highest BCUT2D eigenvalue weighted by Gasteiger charge is 2.22. The lowest BCUT2D eigenvalue weighted by atomic mass is 10.0. The first-order chi connectivity index (χ1) is 10.6. The van der Waals surface area contributed by atoms with E-state index in [0.29, 0.717) is 18.7 Å². The van der Waals surface area contributed by atoms with Crippen LogP contribution < -0.4 is 5.32 Å². The van der Waals surface area contributed by atoms with E-state index in [1.54, 1.807) is 7.11 Å². The number of aliphatic hydroxyl groups excluding tert-OH is 1. The summed E-state index contributed by atoms with van der Waals surface area (Å²) in [5.41, 5.74) is 0. The quantitative estimate of drug-likeness (QED) is 0.770. The molecule has 22 heavy (non-hydrogen) atoms. The van der Waals surface area contributed by atoms with Crippen LogP contribution >= 0.6 is 11.3 Å². The van der Waals surface area contributed by atoms with Crippen LogP contribution in [0.2, 0.25) is 0 Å². The van der Waals surface area contributed by atoms with Crippen molar-refractivity contribution in [3.05, 3.63) is 21.9 Å². The Morgan fingerprint density at radius 2 is 2.14 bits per heavy atom. The molecule has 0 spiro atoms. The van der Waals surface area contributed by atoms with Gasteiger partial charge >= 0.3 is 0 Å². The van der Waals surface area contributed by atoms with E-state index in [2.05, 4.69) is 36.2 Å². The van der Waals surface area contributed by atoms with Gasteiger partial charge in [-0.1, -0.05) is 6.92 Å². The van der Waals surface area contributed by atoms with Crippen LogP contribution in [0.15, 0.2) is 12.1 Å². The summed E-state index contributed by atoms with van der Waals surface area (Å²) in [6.07, 6.45) is 3.05. The van der Waals surface area contributed by atoms with E-state index in [0.717, 1.165) is 38.9 Å². The SMILES string of the molecule is CCc1ccc(C(C)NC2CCN(CC(O)COC)CC2)s1. The Bertz CT molecular complexity index is 430. The van der Waals surface area contributed by atoms with E-state index in [9.17, 15) is 5.11 Å². The second-order valence-corrected chi connectivity index (χ2v) is 7.43. The van der Waals surface area contributed by atoms with Crippen molar-refractivity contribution in [3.63, 3.8) is 0 Å². The maximum absolute atomic E-state index is 9.81. The number of thiophene rings is 1. The molecule has 1 aromatic heterocycles. The van der Waals surface area contributed by atoms with Gasteiger partial charge in [-0.2, -0.15) is 0 Å². The largest absolute Gasteiger partial charge is 0.389 e. The Labute approximate surface area is 138 Å². The summed E-state index contributed by atoms with van der Waals surface area (Å²) >= 11 is 1.92. The summed E-state index contributed by atoms with van der Waals surface area (Å²) in [7, 11) is 1.63. The molecule has 1 fully saturated rings. The smallest absolute Gasteiger partial charge is 0.0900 e. The van der Waals surface area contributed by atoms with Gasteiger partial charge in [0.1, 0.15) is 0 Å². The summed E-state index contributed by atoms with van der Waals surface area (Å²) in [6.45, 7) is 7.72. The third-order valence-electron chi connectivity index (χ3n) is 4.36. The maximum Gasteiger partial charge on any atom is 0.0900 e. The number of rotatable bonds is 8. The zero-order valence-corrected chi connectivity index (χ0v) is 14.9. The summed E-state index contributed by atoms with van der Waals surface area (Å²) in [6, 6.07) is 5.52. The number of ether oxygens (including phenoxy) is 1. The highest BCUT2D eigenvalue weighted by molar-refractivity contribution is 7.12. The number of methoxy groups -OCH3 is 1. The molecule has 0 amide bonds. The van der Waals surface area contributed by atoms with Crippen LogP contribution in [0.1, 0.15) is 42.5 Å². The van der Waals surface area contributed by atoms with Crippen LogP contribution in [-0.4, -0.2) is 55.5 Å². The van der Waals surface area contributed by atoms with Gasteiger partial charge in [-0.3, -0.25) is 0 Å². The van der Waals surface area contributed by atoms with Gasteiger partial charge in [0.25, 0.3) is 0 Å². The molecule has 126 valence electrons. The van der Waals surface area contributed by atoms with Gasteiger partial charge in [0.05, 0.1) is 12.7 Å². The molecule has 0 saturated carbocycles. The van der Waals surface area contributed by atoms with Gasteiger partial charge in [-0.15, -0.1) is 11.3 Å². The van der Waals surface area contributed by atoms with Crippen LogP contribution in [-0.2, 0) is 11.2 Å². The molecule has 2 rings (SSSR count). The minimum atomic E-state index is -0.369. The third kappa shape index (κ3) is 5.32. The minimum absolute atomic E-state index is 0.369. The fourth-order valence-electron chi connectivity index (χ4n) is 3.08. The lowest BCUT2D eigenvalue weighted by Gasteiger charge is -2.34. The molecule has 0 aliphatic carbocycles. The fourth-order valence-corrected chi connectivity index (χ4v) is 4.04.